The molecule has 184 valence electrons. The van der Waals surface area contributed by atoms with Crippen molar-refractivity contribution in [3.63, 3.8) is 0 Å². The molecule has 0 atom stereocenters. The predicted molar refractivity (Wildman–Crippen MR) is 141 cm³/mol. The summed E-state index contributed by atoms with van der Waals surface area (Å²) < 4.78 is 20.4. The van der Waals surface area contributed by atoms with Crippen molar-refractivity contribution >= 4 is 17.5 Å². The minimum absolute atomic E-state index is 0.240. The van der Waals surface area contributed by atoms with E-state index < -0.39 is 6.09 Å². The highest BCUT2D eigenvalue weighted by Crippen LogP contribution is 2.32. The number of carbonyl (C=O) groups excluding carboxylic acids is 1. The Morgan fingerprint density at radius 2 is 1.77 bits per heavy atom. The average molecular weight is 475 g/mol. The zero-order chi connectivity index (χ0) is 24.6. The van der Waals surface area contributed by atoms with Crippen molar-refractivity contribution in [2.45, 2.75) is 52.4 Å². The number of unbranched alkanes of at least 4 members (excludes halogenated alkanes) is 2. The van der Waals surface area contributed by atoms with Gasteiger partial charge >= 0.3 is 6.09 Å². The van der Waals surface area contributed by atoms with Gasteiger partial charge in [-0.2, -0.15) is 0 Å². The van der Waals surface area contributed by atoms with E-state index in [-0.39, 0.29) is 5.82 Å². The molecule has 0 aromatic heterocycles. The molecule has 0 bridgehead atoms. The summed E-state index contributed by atoms with van der Waals surface area (Å²) in [6, 6.07) is 21.0. The Balaban J connectivity index is 1.30. The summed E-state index contributed by atoms with van der Waals surface area (Å²) in [6.45, 7) is 6.95. The van der Waals surface area contributed by atoms with Crippen molar-refractivity contribution in [3.8, 4) is 5.75 Å². The molecule has 3 aromatic carbocycles. The fraction of sp³-hybridized carbons (Fsp3) is 0.367. The molecule has 3 aromatic rings. The lowest BCUT2D eigenvalue weighted by molar-refractivity contribution is 0.208. The zero-order valence-corrected chi connectivity index (χ0v) is 20.8. The van der Waals surface area contributed by atoms with Gasteiger partial charge in [0.1, 0.15) is 11.6 Å². The fourth-order valence-corrected chi connectivity index (χ4v) is 4.82. The molecule has 1 heterocycles. The number of fused-ring (bicyclic) bond motifs is 1. The second-order valence-electron chi connectivity index (χ2n) is 9.24. The van der Waals surface area contributed by atoms with E-state index in [1.807, 2.05) is 24.3 Å². The molecule has 1 aliphatic heterocycles. The van der Waals surface area contributed by atoms with Gasteiger partial charge in [-0.1, -0.05) is 55.8 Å². The number of carbonyl (C=O) groups is 1. The molecule has 35 heavy (non-hydrogen) atoms. The molecule has 0 saturated carbocycles. The number of aryl methyl sites for hydroxylation is 2. The standard InChI is InChI=1S/C30H35FN2O2/c1-3-18-32(28-16-10-9-12-23(28)2)19-11-5-6-13-24-21-25-17-20-33(29(25)22-27(24)31)30(34)35-26-14-7-4-8-15-26/h4,7-10,12,14-16,21-22H,3,5-6,11,13,17-20H2,1-2H3. The minimum atomic E-state index is -0.465. The number of ether oxygens (including phenoxy) is 1. The van der Waals surface area contributed by atoms with Crippen LogP contribution in [-0.2, 0) is 12.8 Å². The van der Waals surface area contributed by atoms with Crippen LogP contribution in [0.3, 0.4) is 0 Å². The molecule has 0 fully saturated rings. The quantitative estimate of drug-likeness (QED) is 0.289. The summed E-state index contributed by atoms with van der Waals surface area (Å²) in [5, 5.41) is 0. The molecule has 0 N–H and O–H groups in total. The van der Waals surface area contributed by atoms with Crippen molar-refractivity contribution in [2.75, 3.05) is 29.4 Å². The fourth-order valence-electron chi connectivity index (χ4n) is 4.82. The van der Waals surface area contributed by atoms with Crippen molar-refractivity contribution in [3.05, 3.63) is 89.2 Å². The molecular formula is C30H35FN2O2. The van der Waals surface area contributed by atoms with Crippen LogP contribution in [0.25, 0.3) is 0 Å². The maximum Gasteiger partial charge on any atom is 0.419 e. The third kappa shape index (κ3) is 6.21. The van der Waals surface area contributed by atoms with Gasteiger partial charge in [0, 0.05) is 25.3 Å². The number of hydrogen-bond donors (Lipinski definition) is 0. The number of benzene rings is 3. The Hall–Kier alpha value is -3.34. The third-order valence-electron chi connectivity index (χ3n) is 6.64. The first kappa shape index (κ1) is 24.8. The lowest BCUT2D eigenvalue weighted by Gasteiger charge is -2.26. The minimum Gasteiger partial charge on any atom is -0.410 e. The van der Waals surface area contributed by atoms with Crippen LogP contribution in [-0.4, -0.2) is 25.7 Å². The van der Waals surface area contributed by atoms with Crippen molar-refractivity contribution in [1.29, 1.82) is 0 Å². The summed E-state index contributed by atoms with van der Waals surface area (Å²) >= 11 is 0. The Morgan fingerprint density at radius 1 is 1.00 bits per heavy atom. The topological polar surface area (TPSA) is 32.8 Å². The first-order chi connectivity index (χ1) is 17.1. The number of halogens is 1. The number of hydrogen-bond acceptors (Lipinski definition) is 3. The molecule has 4 rings (SSSR count). The van der Waals surface area contributed by atoms with Gasteiger partial charge in [-0.3, -0.25) is 4.90 Å². The molecule has 0 spiro atoms. The monoisotopic (exact) mass is 474 g/mol. The van der Waals surface area contributed by atoms with Crippen molar-refractivity contribution in [2.24, 2.45) is 0 Å². The molecule has 0 aliphatic carbocycles. The van der Waals surface area contributed by atoms with Gasteiger partial charge in [0.15, 0.2) is 0 Å². The van der Waals surface area contributed by atoms with Gasteiger partial charge in [0.25, 0.3) is 0 Å². The van der Waals surface area contributed by atoms with Crippen LogP contribution in [0, 0.1) is 12.7 Å². The van der Waals surface area contributed by atoms with E-state index in [4.69, 9.17) is 4.74 Å². The number of para-hydroxylation sites is 2. The van der Waals surface area contributed by atoms with Crippen LogP contribution in [0.15, 0.2) is 66.7 Å². The van der Waals surface area contributed by atoms with E-state index in [1.165, 1.54) is 22.2 Å². The predicted octanol–water partition coefficient (Wildman–Crippen LogP) is 7.33. The number of rotatable bonds is 10. The van der Waals surface area contributed by atoms with Gasteiger partial charge in [-0.25, -0.2) is 9.18 Å². The number of anilines is 2. The number of amides is 1. The molecule has 5 heteroatoms. The molecular weight excluding hydrogens is 439 g/mol. The van der Waals surface area contributed by atoms with E-state index in [0.717, 1.165) is 56.3 Å². The Labute approximate surface area is 208 Å². The smallest absolute Gasteiger partial charge is 0.410 e. The lowest BCUT2D eigenvalue weighted by atomic mass is 10.0. The summed E-state index contributed by atoms with van der Waals surface area (Å²) in [5.41, 5.74) is 5.00. The van der Waals surface area contributed by atoms with E-state index in [1.54, 1.807) is 12.1 Å². The molecule has 0 unspecified atom stereocenters. The van der Waals surface area contributed by atoms with E-state index in [9.17, 15) is 9.18 Å². The van der Waals surface area contributed by atoms with Crippen molar-refractivity contribution in [1.82, 2.24) is 0 Å². The van der Waals surface area contributed by atoms with Gasteiger partial charge < -0.3 is 9.64 Å². The van der Waals surface area contributed by atoms with E-state index in [2.05, 4.69) is 43.0 Å². The molecule has 0 radical (unpaired) electrons. The Kier molecular flexibility index (Phi) is 8.40. The first-order valence-corrected chi connectivity index (χ1v) is 12.7. The summed E-state index contributed by atoms with van der Waals surface area (Å²) in [4.78, 5) is 16.6. The summed E-state index contributed by atoms with van der Waals surface area (Å²) in [6.07, 6.45) is 5.17. The van der Waals surface area contributed by atoms with Crippen LogP contribution >= 0.6 is 0 Å². The lowest BCUT2D eigenvalue weighted by Crippen LogP contribution is -2.31. The van der Waals surface area contributed by atoms with Gasteiger partial charge in [0.05, 0.1) is 5.69 Å². The molecule has 0 saturated heterocycles. The second kappa shape index (κ2) is 11.9. The number of nitrogens with zero attached hydrogens (tertiary/aromatic N) is 2. The van der Waals surface area contributed by atoms with Crippen LogP contribution in [0.1, 0.15) is 49.3 Å². The highest BCUT2D eigenvalue weighted by molar-refractivity contribution is 5.91. The summed E-state index contributed by atoms with van der Waals surface area (Å²) in [5.74, 6) is 0.249. The average Bonchev–Trinajstić information content (AvgIpc) is 3.27. The van der Waals surface area contributed by atoms with E-state index in [0.29, 0.717) is 24.4 Å². The van der Waals surface area contributed by atoms with E-state index >= 15 is 0 Å². The second-order valence-corrected chi connectivity index (χ2v) is 9.24. The maximum atomic E-state index is 14.9. The SMILES string of the molecule is CCCN(CCCCCc1cc2c(cc1F)N(C(=O)Oc1ccccc1)CC2)c1ccccc1C. The first-order valence-electron chi connectivity index (χ1n) is 12.7. The highest BCUT2D eigenvalue weighted by atomic mass is 19.1. The largest absolute Gasteiger partial charge is 0.419 e. The van der Waals surface area contributed by atoms with Gasteiger partial charge in [-0.15, -0.1) is 0 Å². The normalized spacial score (nSPS) is 12.5. The van der Waals surface area contributed by atoms with Crippen LogP contribution < -0.4 is 14.5 Å². The Bertz CT molecular complexity index is 1130. The van der Waals surface area contributed by atoms with Crippen molar-refractivity contribution < 1.29 is 13.9 Å². The maximum absolute atomic E-state index is 14.9. The van der Waals surface area contributed by atoms with Crippen LogP contribution in [0.5, 0.6) is 5.75 Å². The van der Waals surface area contributed by atoms with Crippen LogP contribution in [0.2, 0.25) is 0 Å². The zero-order valence-electron chi connectivity index (χ0n) is 20.8. The summed E-state index contributed by atoms with van der Waals surface area (Å²) in [7, 11) is 0. The molecule has 4 nitrogen and oxygen atoms in total. The highest BCUT2D eigenvalue weighted by Gasteiger charge is 2.27. The van der Waals surface area contributed by atoms with Gasteiger partial charge in [0.2, 0.25) is 0 Å². The van der Waals surface area contributed by atoms with Gasteiger partial charge in [-0.05, 0) is 80.0 Å². The Morgan fingerprint density at radius 3 is 2.54 bits per heavy atom. The van der Waals surface area contributed by atoms with Crippen LogP contribution in [0.4, 0.5) is 20.6 Å². The molecule has 1 amide bonds. The molecule has 1 aliphatic rings. The third-order valence-corrected chi connectivity index (χ3v) is 6.64.